The first-order chi connectivity index (χ1) is 6.38. The van der Waals surface area contributed by atoms with Gasteiger partial charge in [-0.25, -0.2) is 0 Å². The number of amides is 2. The highest BCUT2D eigenvalue weighted by molar-refractivity contribution is 9.10. The van der Waals surface area contributed by atoms with Gasteiger partial charge in [0.15, 0.2) is 0 Å². The van der Waals surface area contributed by atoms with Crippen LogP contribution in [0.1, 0.15) is 27.2 Å². The van der Waals surface area contributed by atoms with Crippen molar-refractivity contribution in [1.29, 1.82) is 0 Å². The number of halogens is 1. The van der Waals surface area contributed by atoms with Crippen LogP contribution in [-0.4, -0.2) is 29.2 Å². The maximum Gasteiger partial charge on any atom is 0.239 e. The van der Waals surface area contributed by atoms with E-state index in [4.69, 9.17) is 0 Å². The van der Waals surface area contributed by atoms with Crippen LogP contribution in [0.5, 0.6) is 0 Å². The molecular weight excluding hydrogens is 248 g/mol. The molecule has 0 saturated heterocycles. The predicted molar refractivity (Wildman–Crippen MR) is 59.3 cm³/mol. The Morgan fingerprint density at radius 2 is 1.86 bits per heavy atom. The minimum absolute atomic E-state index is 0.0356. The molecule has 0 bridgehead atoms. The first-order valence-electron chi connectivity index (χ1n) is 4.61. The van der Waals surface area contributed by atoms with Crippen molar-refractivity contribution in [2.24, 2.45) is 0 Å². The van der Waals surface area contributed by atoms with Gasteiger partial charge in [-0.2, -0.15) is 0 Å². The molecule has 5 heteroatoms. The summed E-state index contributed by atoms with van der Waals surface area (Å²) in [5.41, 5.74) is 0. The molecule has 0 aromatic rings. The lowest BCUT2D eigenvalue weighted by molar-refractivity contribution is -0.126. The summed E-state index contributed by atoms with van der Waals surface area (Å²) in [6.45, 7) is 6.11. The van der Waals surface area contributed by atoms with E-state index >= 15 is 0 Å². The van der Waals surface area contributed by atoms with Gasteiger partial charge < -0.3 is 10.6 Å². The smallest absolute Gasteiger partial charge is 0.239 e. The predicted octanol–water partition coefficient (Wildman–Crippen LogP) is 0.802. The zero-order valence-electron chi connectivity index (χ0n) is 8.82. The Bertz CT molecular complexity index is 211. The number of alkyl halides is 1. The van der Waals surface area contributed by atoms with Crippen molar-refractivity contribution < 1.29 is 9.59 Å². The molecule has 0 heterocycles. The largest absolute Gasteiger partial charge is 0.355 e. The topological polar surface area (TPSA) is 58.2 Å². The average Bonchev–Trinajstić information content (AvgIpc) is 2.09. The van der Waals surface area contributed by atoms with Crippen molar-refractivity contribution >= 4 is 27.7 Å². The molecule has 0 aliphatic rings. The van der Waals surface area contributed by atoms with Crippen LogP contribution in [-0.2, 0) is 9.59 Å². The van der Waals surface area contributed by atoms with Gasteiger partial charge in [-0.1, -0.05) is 22.9 Å². The van der Waals surface area contributed by atoms with E-state index < -0.39 is 4.32 Å². The van der Waals surface area contributed by atoms with Crippen molar-refractivity contribution in [3.63, 3.8) is 0 Å². The van der Waals surface area contributed by atoms with Crippen molar-refractivity contribution in [3.8, 4) is 0 Å². The summed E-state index contributed by atoms with van der Waals surface area (Å²) in [7, 11) is 0. The summed E-state index contributed by atoms with van der Waals surface area (Å²) in [6, 6.07) is 0. The molecule has 0 saturated carbocycles. The molecule has 0 rings (SSSR count). The minimum Gasteiger partial charge on any atom is -0.355 e. The molecule has 0 aliphatic carbocycles. The van der Waals surface area contributed by atoms with E-state index in [0.29, 0.717) is 6.54 Å². The summed E-state index contributed by atoms with van der Waals surface area (Å²) in [4.78, 5) is 22.4. The van der Waals surface area contributed by atoms with E-state index in [2.05, 4.69) is 26.6 Å². The van der Waals surface area contributed by atoms with E-state index in [1.807, 2.05) is 6.92 Å². The van der Waals surface area contributed by atoms with Crippen LogP contribution in [0.3, 0.4) is 0 Å². The Morgan fingerprint density at radius 3 is 2.29 bits per heavy atom. The lowest BCUT2D eigenvalue weighted by Gasteiger charge is -2.15. The normalized spacial score (nSPS) is 10.9. The Hall–Kier alpha value is -0.580. The van der Waals surface area contributed by atoms with Crippen LogP contribution in [0.2, 0.25) is 0 Å². The summed E-state index contributed by atoms with van der Waals surface area (Å²) in [5, 5.41) is 5.20. The summed E-state index contributed by atoms with van der Waals surface area (Å²) < 4.78 is -0.627. The van der Waals surface area contributed by atoms with E-state index in [1.54, 1.807) is 13.8 Å². The number of nitrogens with one attached hydrogen (secondary N) is 2. The minimum atomic E-state index is -0.627. The second-order valence-corrected chi connectivity index (χ2v) is 5.49. The van der Waals surface area contributed by atoms with Crippen LogP contribution in [0.4, 0.5) is 0 Å². The molecule has 0 unspecified atom stereocenters. The second-order valence-electron chi connectivity index (χ2n) is 3.51. The number of carbonyl (C=O) groups is 2. The summed E-state index contributed by atoms with van der Waals surface area (Å²) in [6.07, 6.45) is 0.892. The highest BCUT2D eigenvalue weighted by atomic mass is 79.9. The highest BCUT2D eigenvalue weighted by Gasteiger charge is 2.23. The summed E-state index contributed by atoms with van der Waals surface area (Å²) in [5.74, 6) is -0.346. The maximum absolute atomic E-state index is 11.3. The SMILES string of the molecule is CCCNC(=O)CNC(=O)C(C)(C)Br. The number of hydrogen-bond acceptors (Lipinski definition) is 2. The summed E-state index contributed by atoms with van der Waals surface area (Å²) >= 11 is 3.20. The fraction of sp³-hybridized carbons (Fsp3) is 0.778. The van der Waals surface area contributed by atoms with Crippen LogP contribution in [0, 0.1) is 0 Å². The number of hydrogen-bond donors (Lipinski definition) is 2. The third kappa shape index (κ3) is 5.96. The number of carbonyl (C=O) groups excluding carboxylic acids is 2. The zero-order valence-corrected chi connectivity index (χ0v) is 10.4. The second kappa shape index (κ2) is 6.01. The van der Waals surface area contributed by atoms with Crippen LogP contribution < -0.4 is 10.6 Å². The lowest BCUT2D eigenvalue weighted by atomic mass is 10.2. The van der Waals surface area contributed by atoms with Gasteiger partial charge in [0, 0.05) is 6.54 Å². The monoisotopic (exact) mass is 264 g/mol. The molecule has 4 nitrogen and oxygen atoms in total. The maximum atomic E-state index is 11.3. The fourth-order valence-electron chi connectivity index (χ4n) is 0.698. The first kappa shape index (κ1) is 13.4. The Balaban J connectivity index is 3.73. The molecule has 2 amide bonds. The third-order valence-electron chi connectivity index (χ3n) is 1.52. The van der Waals surface area contributed by atoms with Gasteiger partial charge >= 0.3 is 0 Å². The van der Waals surface area contributed by atoms with Crippen molar-refractivity contribution in [1.82, 2.24) is 10.6 Å². The third-order valence-corrected chi connectivity index (χ3v) is 1.88. The van der Waals surface area contributed by atoms with E-state index in [1.165, 1.54) is 0 Å². The van der Waals surface area contributed by atoms with E-state index in [-0.39, 0.29) is 18.4 Å². The van der Waals surface area contributed by atoms with Gasteiger partial charge in [-0.3, -0.25) is 9.59 Å². The van der Waals surface area contributed by atoms with Crippen molar-refractivity contribution in [2.45, 2.75) is 31.5 Å². The van der Waals surface area contributed by atoms with Gasteiger partial charge in [-0.15, -0.1) is 0 Å². The van der Waals surface area contributed by atoms with Crippen molar-refractivity contribution in [3.05, 3.63) is 0 Å². The fourth-order valence-corrected chi connectivity index (χ4v) is 0.838. The number of rotatable bonds is 5. The quantitative estimate of drug-likeness (QED) is 0.722. The van der Waals surface area contributed by atoms with E-state index in [9.17, 15) is 9.59 Å². The van der Waals surface area contributed by atoms with E-state index in [0.717, 1.165) is 6.42 Å². The highest BCUT2D eigenvalue weighted by Crippen LogP contribution is 2.14. The molecular formula is C9H17BrN2O2. The van der Waals surface area contributed by atoms with Gasteiger partial charge in [-0.05, 0) is 20.3 Å². The molecule has 0 aliphatic heterocycles. The lowest BCUT2D eigenvalue weighted by Crippen LogP contribution is -2.43. The molecule has 82 valence electrons. The Labute approximate surface area is 92.9 Å². The average molecular weight is 265 g/mol. The van der Waals surface area contributed by atoms with Gasteiger partial charge in [0.05, 0.1) is 10.9 Å². The Morgan fingerprint density at radius 1 is 1.29 bits per heavy atom. The van der Waals surface area contributed by atoms with Crippen molar-refractivity contribution in [2.75, 3.05) is 13.1 Å². The van der Waals surface area contributed by atoms with Gasteiger partial charge in [0.2, 0.25) is 11.8 Å². The molecule has 2 N–H and O–H groups in total. The molecule has 0 fully saturated rings. The van der Waals surface area contributed by atoms with Gasteiger partial charge in [0.25, 0.3) is 0 Å². The molecule has 0 spiro atoms. The van der Waals surface area contributed by atoms with Crippen LogP contribution >= 0.6 is 15.9 Å². The first-order valence-corrected chi connectivity index (χ1v) is 5.41. The van der Waals surface area contributed by atoms with Crippen LogP contribution in [0.25, 0.3) is 0 Å². The standard InChI is InChI=1S/C9H17BrN2O2/c1-4-5-11-7(13)6-12-8(14)9(2,3)10/h4-6H2,1-3H3,(H,11,13)(H,12,14). The Kier molecular flexibility index (Phi) is 5.76. The molecule has 0 atom stereocenters. The zero-order chi connectivity index (χ0) is 11.2. The van der Waals surface area contributed by atoms with Gasteiger partial charge in [0.1, 0.15) is 0 Å². The molecule has 0 radical (unpaired) electrons. The molecule has 0 aromatic heterocycles. The van der Waals surface area contributed by atoms with Crippen LogP contribution in [0.15, 0.2) is 0 Å². The molecule has 14 heavy (non-hydrogen) atoms. The molecule has 0 aromatic carbocycles.